The maximum atomic E-state index is 10.1. The molecule has 3 atom stereocenters. The van der Waals surface area contributed by atoms with Crippen LogP contribution >= 0.6 is 0 Å². The third-order valence-corrected chi connectivity index (χ3v) is 3.54. The van der Waals surface area contributed by atoms with Crippen molar-refractivity contribution >= 4 is 0 Å². The van der Waals surface area contributed by atoms with Crippen molar-refractivity contribution in [2.45, 2.75) is 63.7 Å². The maximum Gasteiger partial charge on any atom is 0.111 e. The van der Waals surface area contributed by atoms with E-state index in [1.165, 1.54) is 6.42 Å². The zero-order chi connectivity index (χ0) is 12.3. The van der Waals surface area contributed by atoms with Crippen molar-refractivity contribution in [2.75, 3.05) is 0 Å². The summed E-state index contributed by atoms with van der Waals surface area (Å²) in [7, 11) is 0. The summed E-state index contributed by atoms with van der Waals surface area (Å²) in [5.74, 6) is 0. The molecule has 1 fully saturated rings. The number of nitrogens with zero attached hydrogens (tertiary/aromatic N) is 3. The zero-order valence-electron chi connectivity index (χ0n) is 10.3. The van der Waals surface area contributed by atoms with E-state index in [9.17, 15) is 10.2 Å². The molecule has 0 saturated heterocycles. The standard InChI is InChI=1S/C12H21N3O2/c1-2-11(16)9-8-15(14-13-9)10-6-4-3-5-7-12(10)17/h8,10-12,16-17H,2-7H2,1H3. The lowest BCUT2D eigenvalue weighted by atomic mass is 10.1. The molecule has 0 amide bonds. The highest BCUT2D eigenvalue weighted by atomic mass is 16.3. The zero-order valence-corrected chi connectivity index (χ0v) is 10.3. The summed E-state index contributed by atoms with van der Waals surface area (Å²) < 4.78 is 1.73. The van der Waals surface area contributed by atoms with Crippen LogP contribution in [0.1, 0.15) is 63.3 Å². The third-order valence-electron chi connectivity index (χ3n) is 3.54. The fourth-order valence-corrected chi connectivity index (χ4v) is 2.39. The molecule has 2 N–H and O–H groups in total. The molecule has 1 aromatic rings. The summed E-state index contributed by atoms with van der Waals surface area (Å²) in [6, 6.07) is 0.0165. The van der Waals surface area contributed by atoms with E-state index in [4.69, 9.17) is 0 Å². The number of aliphatic hydroxyl groups excluding tert-OH is 2. The molecule has 1 heterocycles. The van der Waals surface area contributed by atoms with Crippen molar-refractivity contribution in [2.24, 2.45) is 0 Å². The van der Waals surface area contributed by atoms with Crippen LogP contribution in [0.4, 0.5) is 0 Å². The van der Waals surface area contributed by atoms with Crippen molar-refractivity contribution in [1.82, 2.24) is 15.0 Å². The van der Waals surface area contributed by atoms with Crippen LogP contribution in [0.25, 0.3) is 0 Å². The van der Waals surface area contributed by atoms with Crippen LogP contribution in [0.2, 0.25) is 0 Å². The fraction of sp³-hybridized carbons (Fsp3) is 0.833. The van der Waals surface area contributed by atoms with Crippen molar-refractivity contribution < 1.29 is 10.2 Å². The first-order valence-corrected chi connectivity index (χ1v) is 6.50. The fourth-order valence-electron chi connectivity index (χ4n) is 2.39. The van der Waals surface area contributed by atoms with Gasteiger partial charge < -0.3 is 10.2 Å². The lowest BCUT2D eigenvalue weighted by molar-refractivity contribution is 0.0979. The highest BCUT2D eigenvalue weighted by Gasteiger charge is 2.25. The molecule has 0 aliphatic heterocycles. The molecule has 0 spiro atoms. The lowest BCUT2D eigenvalue weighted by Crippen LogP contribution is -2.23. The maximum absolute atomic E-state index is 10.1. The molecule has 3 unspecified atom stereocenters. The molecular formula is C12H21N3O2. The van der Waals surface area contributed by atoms with E-state index in [-0.39, 0.29) is 12.1 Å². The molecule has 1 saturated carbocycles. The van der Waals surface area contributed by atoms with Gasteiger partial charge in [0.2, 0.25) is 0 Å². The number of hydrogen-bond acceptors (Lipinski definition) is 4. The second-order valence-electron chi connectivity index (χ2n) is 4.82. The molecule has 5 nitrogen and oxygen atoms in total. The first-order chi connectivity index (χ1) is 8.22. The highest BCUT2D eigenvalue weighted by Crippen LogP contribution is 2.27. The number of hydrogen-bond donors (Lipinski definition) is 2. The predicted molar refractivity (Wildman–Crippen MR) is 63.4 cm³/mol. The first-order valence-electron chi connectivity index (χ1n) is 6.50. The second kappa shape index (κ2) is 5.60. The van der Waals surface area contributed by atoms with E-state index in [1.807, 2.05) is 6.92 Å². The SMILES string of the molecule is CCC(O)c1cn(C2CCCCCC2O)nn1. The van der Waals surface area contributed by atoms with Crippen LogP contribution < -0.4 is 0 Å². The van der Waals surface area contributed by atoms with E-state index in [2.05, 4.69) is 10.3 Å². The van der Waals surface area contributed by atoms with E-state index >= 15 is 0 Å². The van der Waals surface area contributed by atoms with Crippen molar-refractivity contribution in [3.05, 3.63) is 11.9 Å². The lowest BCUT2D eigenvalue weighted by Gasteiger charge is -2.19. The third kappa shape index (κ3) is 2.84. The predicted octanol–water partition coefficient (Wildman–Crippen LogP) is 1.59. The molecular weight excluding hydrogens is 218 g/mol. The van der Waals surface area contributed by atoms with Gasteiger partial charge in [0.15, 0.2) is 0 Å². The number of aliphatic hydroxyl groups is 2. The summed E-state index contributed by atoms with van der Waals surface area (Å²) in [6.07, 6.45) is 6.65. The molecule has 5 heteroatoms. The molecule has 0 bridgehead atoms. The Morgan fingerprint density at radius 2 is 2.18 bits per heavy atom. The van der Waals surface area contributed by atoms with Gasteiger partial charge in [-0.05, 0) is 19.3 Å². The van der Waals surface area contributed by atoms with Gasteiger partial charge in [0.25, 0.3) is 0 Å². The minimum absolute atomic E-state index is 0.0165. The van der Waals surface area contributed by atoms with Gasteiger partial charge in [-0.2, -0.15) is 0 Å². The molecule has 0 radical (unpaired) electrons. The molecule has 2 rings (SSSR count). The molecule has 1 aromatic heterocycles. The van der Waals surface area contributed by atoms with Gasteiger partial charge in [-0.1, -0.05) is 31.4 Å². The Labute approximate surface area is 101 Å². The van der Waals surface area contributed by atoms with Gasteiger partial charge in [0.1, 0.15) is 5.69 Å². The van der Waals surface area contributed by atoms with E-state index in [0.29, 0.717) is 12.1 Å². The molecule has 96 valence electrons. The Kier molecular flexibility index (Phi) is 4.12. The van der Waals surface area contributed by atoms with Crippen molar-refractivity contribution in [3.8, 4) is 0 Å². The average molecular weight is 239 g/mol. The number of aromatic nitrogens is 3. The smallest absolute Gasteiger partial charge is 0.111 e. The monoisotopic (exact) mass is 239 g/mol. The Bertz CT molecular complexity index is 353. The van der Waals surface area contributed by atoms with Crippen molar-refractivity contribution in [3.63, 3.8) is 0 Å². The summed E-state index contributed by atoms with van der Waals surface area (Å²) in [5.41, 5.74) is 0.601. The highest BCUT2D eigenvalue weighted by molar-refractivity contribution is 4.98. The summed E-state index contributed by atoms with van der Waals surface area (Å²) in [4.78, 5) is 0. The number of rotatable bonds is 3. The minimum Gasteiger partial charge on any atom is -0.391 e. The van der Waals surface area contributed by atoms with E-state index in [1.54, 1.807) is 10.9 Å². The Morgan fingerprint density at radius 1 is 1.41 bits per heavy atom. The quantitative estimate of drug-likeness (QED) is 0.786. The van der Waals surface area contributed by atoms with Crippen LogP contribution in [-0.4, -0.2) is 31.3 Å². The van der Waals surface area contributed by atoms with Crippen LogP contribution in [0.15, 0.2) is 6.20 Å². The largest absolute Gasteiger partial charge is 0.391 e. The summed E-state index contributed by atoms with van der Waals surface area (Å²) >= 11 is 0. The molecule has 1 aliphatic carbocycles. The van der Waals surface area contributed by atoms with Crippen LogP contribution in [0.3, 0.4) is 0 Å². The Balaban J connectivity index is 2.12. The first kappa shape index (κ1) is 12.5. The van der Waals surface area contributed by atoms with Crippen LogP contribution in [0.5, 0.6) is 0 Å². The van der Waals surface area contributed by atoms with Gasteiger partial charge >= 0.3 is 0 Å². The van der Waals surface area contributed by atoms with Gasteiger partial charge in [0, 0.05) is 0 Å². The Hall–Kier alpha value is -0.940. The minimum atomic E-state index is -0.549. The summed E-state index contributed by atoms with van der Waals surface area (Å²) in [6.45, 7) is 1.91. The Morgan fingerprint density at radius 3 is 2.94 bits per heavy atom. The molecule has 1 aliphatic rings. The average Bonchev–Trinajstić information content (AvgIpc) is 2.72. The molecule has 17 heavy (non-hydrogen) atoms. The normalized spacial score (nSPS) is 27.7. The van der Waals surface area contributed by atoms with Crippen molar-refractivity contribution in [1.29, 1.82) is 0 Å². The van der Waals surface area contributed by atoms with Crippen LogP contribution in [0, 0.1) is 0 Å². The van der Waals surface area contributed by atoms with E-state index < -0.39 is 6.10 Å². The van der Waals surface area contributed by atoms with E-state index in [0.717, 1.165) is 25.7 Å². The topological polar surface area (TPSA) is 71.2 Å². The molecule has 0 aromatic carbocycles. The summed E-state index contributed by atoms with van der Waals surface area (Å²) in [5, 5.41) is 27.8. The van der Waals surface area contributed by atoms with Gasteiger partial charge in [-0.15, -0.1) is 5.10 Å². The second-order valence-corrected chi connectivity index (χ2v) is 4.82. The van der Waals surface area contributed by atoms with Crippen LogP contribution in [-0.2, 0) is 0 Å². The van der Waals surface area contributed by atoms with Gasteiger partial charge in [0.05, 0.1) is 24.4 Å². The van der Waals surface area contributed by atoms with Gasteiger partial charge in [-0.25, -0.2) is 4.68 Å². The van der Waals surface area contributed by atoms with Gasteiger partial charge in [-0.3, -0.25) is 0 Å².